The molecular formula is C16H14N4O2S. The number of nitrogens with zero attached hydrogens (tertiary/aromatic N) is 4. The van der Waals surface area contributed by atoms with Crippen molar-refractivity contribution in [3.8, 4) is 5.82 Å². The lowest BCUT2D eigenvalue weighted by Gasteiger charge is -2.06. The van der Waals surface area contributed by atoms with Crippen LogP contribution >= 0.6 is 11.8 Å². The second kappa shape index (κ2) is 6.21. The Kier molecular flexibility index (Phi) is 4.12. The number of aromatic nitrogens is 4. The fourth-order valence-corrected chi connectivity index (χ4v) is 2.86. The molecule has 23 heavy (non-hydrogen) atoms. The van der Waals surface area contributed by atoms with E-state index in [4.69, 9.17) is 5.11 Å². The number of carboxylic acids is 1. The summed E-state index contributed by atoms with van der Waals surface area (Å²) in [5, 5.41) is 14.0. The van der Waals surface area contributed by atoms with Gasteiger partial charge < -0.3 is 5.11 Å². The van der Waals surface area contributed by atoms with Gasteiger partial charge in [-0.2, -0.15) is 5.10 Å². The number of hydrogen-bond acceptors (Lipinski definition) is 5. The van der Waals surface area contributed by atoms with Crippen LogP contribution in [0.4, 0.5) is 0 Å². The molecule has 0 atom stereocenters. The van der Waals surface area contributed by atoms with E-state index in [1.165, 1.54) is 34.5 Å². The van der Waals surface area contributed by atoms with Gasteiger partial charge in [-0.15, -0.1) is 0 Å². The summed E-state index contributed by atoms with van der Waals surface area (Å²) >= 11 is 1.52. The minimum absolute atomic E-state index is 0.163. The number of rotatable bonds is 4. The summed E-state index contributed by atoms with van der Waals surface area (Å²) in [6, 6.07) is 9.94. The highest BCUT2D eigenvalue weighted by Gasteiger charge is 2.15. The monoisotopic (exact) mass is 326 g/mol. The molecule has 0 bridgehead atoms. The molecule has 3 aromatic rings. The first-order valence-corrected chi connectivity index (χ1v) is 7.71. The molecule has 0 amide bonds. The highest BCUT2D eigenvalue weighted by Crippen LogP contribution is 2.27. The largest absolute Gasteiger partial charge is 0.478 e. The Morgan fingerprint density at radius 1 is 1.17 bits per heavy atom. The molecule has 0 aliphatic rings. The van der Waals surface area contributed by atoms with Gasteiger partial charge in [0.05, 0.1) is 11.9 Å². The van der Waals surface area contributed by atoms with Crippen LogP contribution in [0.5, 0.6) is 0 Å². The van der Waals surface area contributed by atoms with Crippen molar-refractivity contribution in [1.29, 1.82) is 0 Å². The zero-order chi connectivity index (χ0) is 16.4. The minimum Gasteiger partial charge on any atom is -0.478 e. The number of benzene rings is 1. The molecular weight excluding hydrogens is 312 g/mol. The van der Waals surface area contributed by atoms with Crippen LogP contribution in [0.3, 0.4) is 0 Å². The summed E-state index contributed by atoms with van der Waals surface area (Å²) in [7, 11) is 0. The van der Waals surface area contributed by atoms with Gasteiger partial charge in [0, 0.05) is 11.0 Å². The van der Waals surface area contributed by atoms with Gasteiger partial charge in [-0.25, -0.2) is 19.4 Å². The Bertz CT molecular complexity index is 859. The van der Waals surface area contributed by atoms with E-state index in [0.29, 0.717) is 11.5 Å². The molecule has 0 aliphatic heterocycles. The molecule has 0 radical (unpaired) electrons. The second-order valence-electron chi connectivity index (χ2n) is 4.99. The van der Waals surface area contributed by atoms with Crippen molar-refractivity contribution in [2.45, 2.75) is 23.8 Å². The maximum Gasteiger partial charge on any atom is 0.339 e. The standard InChI is InChI=1S/C16H14N4O2S/c1-10-3-5-12(6-4-10)23-15-7-14(17-9-18-15)20-11(2)13(8-19-20)16(21)22/h3-9H,1-2H3,(H,21,22). The molecule has 2 heterocycles. The molecule has 1 aromatic carbocycles. The Hall–Kier alpha value is -2.67. The predicted octanol–water partition coefficient (Wildman–Crippen LogP) is 3.13. The van der Waals surface area contributed by atoms with Crippen molar-refractivity contribution in [2.24, 2.45) is 0 Å². The summed E-state index contributed by atoms with van der Waals surface area (Å²) in [5.74, 6) is -0.461. The van der Waals surface area contributed by atoms with Crippen molar-refractivity contribution in [2.75, 3.05) is 0 Å². The van der Waals surface area contributed by atoms with Crippen molar-refractivity contribution >= 4 is 17.7 Å². The zero-order valence-corrected chi connectivity index (χ0v) is 13.4. The van der Waals surface area contributed by atoms with Gasteiger partial charge in [-0.1, -0.05) is 29.5 Å². The highest BCUT2D eigenvalue weighted by atomic mass is 32.2. The van der Waals surface area contributed by atoms with E-state index >= 15 is 0 Å². The van der Waals surface area contributed by atoms with Crippen LogP contribution in [0.25, 0.3) is 5.82 Å². The molecule has 0 saturated carbocycles. The van der Waals surface area contributed by atoms with E-state index < -0.39 is 5.97 Å². The first-order chi connectivity index (χ1) is 11.0. The maximum atomic E-state index is 11.1. The van der Waals surface area contributed by atoms with Gasteiger partial charge in [-0.05, 0) is 26.0 Å². The average Bonchev–Trinajstić information content (AvgIpc) is 2.92. The average molecular weight is 326 g/mol. The fourth-order valence-electron chi connectivity index (χ4n) is 2.08. The van der Waals surface area contributed by atoms with Gasteiger partial charge >= 0.3 is 5.97 Å². The molecule has 116 valence electrons. The minimum atomic E-state index is -1.00. The van der Waals surface area contributed by atoms with Gasteiger partial charge in [-0.3, -0.25) is 0 Å². The quantitative estimate of drug-likeness (QED) is 0.742. The summed E-state index contributed by atoms with van der Waals surface area (Å²) in [5.41, 5.74) is 1.89. The van der Waals surface area contributed by atoms with E-state index in [1.807, 2.05) is 31.2 Å². The number of aromatic carboxylic acids is 1. The molecule has 7 heteroatoms. The zero-order valence-electron chi connectivity index (χ0n) is 12.6. The van der Waals surface area contributed by atoms with Crippen LogP contribution in [0.15, 0.2) is 52.8 Å². The van der Waals surface area contributed by atoms with Crippen molar-refractivity contribution in [3.05, 3.63) is 59.7 Å². The molecule has 0 fully saturated rings. The third-order valence-electron chi connectivity index (χ3n) is 3.33. The number of carbonyl (C=O) groups is 1. The van der Waals surface area contributed by atoms with E-state index in [-0.39, 0.29) is 5.56 Å². The first-order valence-electron chi connectivity index (χ1n) is 6.89. The molecule has 0 spiro atoms. The Morgan fingerprint density at radius 3 is 2.57 bits per heavy atom. The summed E-state index contributed by atoms with van der Waals surface area (Å²) in [6.07, 6.45) is 2.78. The molecule has 3 rings (SSSR count). The Labute approximate surface area is 137 Å². The second-order valence-corrected chi connectivity index (χ2v) is 6.08. The first kappa shape index (κ1) is 15.2. The maximum absolute atomic E-state index is 11.1. The molecule has 0 unspecified atom stereocenters. The molecule has 2 aromatic heterocycles. The van der Waals surface area contributed by atoms with Gasteiger partial charge in [0.25, 0.3) is 0 Å². The molecule has 6 nitrogen and oxygen atoms in total. The Balaban J connectivity index is 1.91. The summed E-state index contributed by atoms with van der Waals surface area (Å²) < 4.78 is 1.50. The van der Waals surface area contributed by atoms with Crippen LogP contribution in [0.2, 0.25) is 0 Å². The van der Waals surface area contributed by atoms with Crippen LogP contribution in [0, 0.1) is 13.8 Å². The lowest BCUT2D eigenvalue weighted by Crippen LogP contribution is -2.04. The third kappa shape index (κ3) is 3.24. The third-order valence-corrected chi connectivity index (χ3v) is 4.27. The summed E-state index contributed by atoms with van der Waals surface area (Å²) in [4.78, 5) is 20.6. The van der Waals surface area contributed by atoms with Crippen LogP contribution < -0.4 is 0 Å². The SMILES string of the molecule is Cc1ccc(Sc2cc(-n3ncc(C(=O)O)c3C)ncn2)cc1. The lowest BCUT2D eigenvalue weighted by molar-refractivity contribution is 0.0696. The fraction of sp³-hybridized carbons (Fsp3) is 0.125. The smallest absolute Gasteiger partial charge is 0.339 e. The highest BCUT2D eigenvalue weighted by molar-refractivity contribution is 7.99. The number of hydrogen-bond donors (Lipinski definition) is 1. The summed E-state index contributed by atoms with van der Waals surface area (Å²) in [6.45, 7) is 3.74. The lowest BCUT2D eigenvalue weighted by atomic mass is 10.2. The van der Waals surface area contributed by atoms with E-state index in [1.54, 1.807) is 13.0 Å². The number of carboxylic acid groups (broad SMARTS) is 1. The van der Waals surface area contributed by atoms with Crippen LogP contribution in [0.1, 0.15) is 21.6 Å². The molecule has 0 aliphatic carbocycles. The number of aryl methyl sites for hydroxylation is 1. The Morgan fingerprint density at radius 2 is 1.91 bits per heavy atom. The van der Waals surface area contributed by atoms with Crippen molar-refractivity contribution in [3.63, 3.8) is 0 Å². The topological polar surface area (TPSA) is 80.9 Å². The van der Waals surface area contributed by atoms with Crippen LogP contribution in [-0.2, 0) is 0 Å². The van der Waals surface area contributed by atoms with Gasteiger partial charge in [0.2, 0.25) is 0 Å². The molecule has 1 N–H and O–H groups in total. The van der Waals surface area contributed by atoms with E-state index in [0.717, 1.165) is 9.92 Å². The molecule has 0 saturated heterocycles. The van der Waals surface area contributed by atoms with E-state index in [9.17, 15) is 4.79 Å². The van der Waals surface area contributed by atoms with Gasteiger partial charge in [0.1, 0.15) is 16.9 Å². The van der Waals surface area contributed by atoms with Crippen molar-refractivity contribution < 1.29 is 9.90 Å². The van der Waals surface area contributed by atoms with E-state index in [2.05, 4.69) is 15.1 Å². The van der Waals surface area contributed by atoms with Gasteiger partial charge in [0.15, 0.2) is 5.82 Å². The van der Waals surface area contributed by atoms with Crippen LogP contribution in [-0.4, -0.2) is 30.8 Å². The van der Waals surface area contributed by atoms with Crippen molar-refractivity contribution in [1.82, 2.24) is 19.7 Å². The normalized spacial score (nSPS) is 10.7. The predicted molar refractivity (Wildman–Crippen MR) is 86.2 cm³/mol.